The number of nitrogens with two attached hydrogens (primary N) is 1. The Labute approximate surface area is 147 Å². The molecule has 5 nitrogen and oxygen atoms in total. The molecule has 1 spiro atoms. The van der Waals surface area contributed by atoms with Crippen LogP contribution in [0.5, 0.6) is 0 Å². The topological polar surface area (TPSA) is 64.3 Å². The van der Waals surface area contributed by atoms with Crippen molar-refractivity contribution in [3.05, 3.63) is 24.5 Å². The minimum Gasteiger partial charge on any atom is -0.376 e. The molecule has 0 saturated carbocycles. The SMILES string of the molecule is CSc1ccc2ncnc(N3CCC4(CC3)COC(CN)C4)c2c1. The zero-order valence-corrected chi connectivity index (χ0v) is 14.9. The van der Waals surface area contributed by atoms with Crippen LogP contribution in [0.3, 0.4) is 0 Å². The van der Waals surface area contributed by atoms with E-state index in [9.17, 15) is 0 Å². The summed E-state index contributed by atoms with van der Waals surface area (Å²) >= 11 is 1.75. The third kappa shape index (κ3) is 2.87. The molecule has 2 aliphatic rings. The van der Waals surface area contributed by atoms with Crippen molar-refractivity contribution < 1.29 is 4.74 Å². The number of thioether (sulfide) groups is 1. The molecule has 2 aromatic rings. The van der Waals surface area contributed by atoms with Crippen molar-refractivity contribution in [3.8, 4) is 0 Å². The van der Waals surface area contributed by atoms with Crippen LogP contribution < -0.4 is 10.6 Å². The van der Waals surface area contributed by atoms with E-state index >= 15 is 0 Å². The van der Waals surface area contributed by atoms with Gasteiger partial charge in [0.2, 0.25) is 0 Å². The summed E-state index contributed by atoms with van der Waals surface area (Å²) in [4.78, 5) is 12.7. The van der Waals surface area contributed by atoms with Gasteiger partial charge in [0, 0.05) is 29.9 Å². The van der Waals surface area contributed by atoms with E-state index in [-0.39, 0.29) is 6.10 Å². The summed E-state index contributed by atoms with van der Waals surface area (Å²) in [6.07, 6.45) is 7.45. The molecule has 24 heavy (non-hydrogen) atoms. The Morgan fingerprint density at radius 1 is 1.33 bits per heavy atom. The molecule has 1 aromatic heterocycles. The lowest BCUT2D eigenvalue weighted by Gasteiger charge is -2.39. The minimum atomic E-state index is 0.251. The van der Waals surface area contributed by atoms with Crippen LogP contribution >= 0.6 is 11.8 Å². The van der Waals surface area contributed by atoms with Gasteiger partial charge in [-0.1, -0.05) is 0 Å². The highest BCUT2D eigenvalue weighted by Crippen LogP contribution is 2.43. The van der Waals surface area contributed by atoms with E-state index in [1.54, 1.807) is 18.1 Å². The largest absolute Gasteiger partial charge is 0.376 e. The first-order chi connectivity index (χ1) is 11.7. The van der Waals surface area contributed by atoms with Crippen molar-refractivity contribution in [1.82, 2.24) is 9.97 Å². The van der Waals surface area contributed by atoms with Crippen molar-refractivity contribution in [2.45, 2.75) is 30.3 Å². The number of hydrogen-bond acceptors (Lipinski definition) is 6. The number of rotatable bonds is 3. The van der Waals surface area contributed by atoms with Gasteiger partial charge in [0.05, 0.1) is 18.2 Å². The molecule has 2 aliphatic heterocycles. The maximum Gasteiger partial charge on any atom is 0.139 e. The normalized spacial score (nSPS) is 23.2. The number of ether oxygens (including phenoxy) is 1. The minimum absolute atomic E-state index is 0.251. The fourth-order valence-corrected chi connectivity index (χ4v) is 4.43. The van der Waals surface area contributed by atoms with Crippen molar-refractivity contribution >= 4 is 28.5 Å². The summed E-state index contributed by atoms with van der Waals surface area (Å²) in [5.41, 5.74) is 7.12. The van der Waals surface area contributed by atoms with E-state index in [1.165, 1.54) is 4.90 Å². The lowest BCUT2D eigenvalue weighted by Crippen LogP contribution is -2.41. The molecule has 0 bridgehead atoms. The Morgan fingerprint density at radius 2 is 2.17 bits per heavy atom. The maximum absolute atomic E-state index is 5.86. The highest BCUT2D eigenvalue weighted by atomic mass is 32.2. The second-order valence-corrected chi connectivity index (χ2v) is 7.82. The molecule has 1 atom stereocenters. The van der Waals surface area contributed by atoms with Crippen molar-refractivity contribution in [3.63, 3.8) is 0 Å². The molecule has 1 aromatic carbocycles. The monoisotopic (exact) mass is 344 g/mol. The van der Waals surface area contributed by atoms with Crippen LogP contribution in [0.1, 0.15) is 19.3 Å². The number of hydrogen-bond donors (Lipinski definition) is 1. The Balaban J connectivity index is 1.56. The van der Waals surface area contributed by atoms with Crippen LogP contribution in [0.2, 0.25) is 0 Å². The molecule has 0 amide bonds. The zero-order chi connectivity index (χ0) is 16.6. The third-order valence-corrected chi connectivity index (χ3v) is 6.22. The highest BCUT2D eigenvalue weighted by molar-refractivity contribution is 7.98. The van der Waals surface area contributed by atoms with Gasteiger partial charge in [-0.05, 0) is 49.1 Å². The number of anilines is 1. The average Bonchev–Trinajstić information content (AvgIpc) is 3.04. The highest BCUT2D eigenvalue weighted by Gasteiger charge is 2.42. The van der Waals surface area contributed by atoms with Gasteiger partial charge in [-0.25, -0.2) is 9.97 Å². The van der Waals surface area contributed by atoms with E-state index in [1.807, 2.05) is 0 Å². The maximum atomic E-state index is 5.86. The Kier molecular flexibility index (Phi) is 4.37. The van der Waals surface area contributed by atoms with Gasteiger partial charge in [-0.3, -0.25) is 0 Å². The Morgan fingerprint density at radius 3 is 2.88 bits per heavy atom. The van der Waals surface area contributed by atoms with E-state index in [2.05, 4.69) is 39.3 Å². The molecule has 3 heterocycles. The molecular formula is C18H24N4OS. The summed E-state index contributed by atoms with van der Waals surface area (Å²) in [6, 6.07) is 6.43. The molecule has 1 unspecified atom stereocenters. The molecule has 0 aliphatic carbocycles. The fraction of sp³-hybridized carbons (Fsp3) is 0.556. The van der Waals surface area contributed by atoms with Crippen LogP contribution in [0.25, 0.3) is 10.9 Å². The Hall–Kier alpha value is -1.37. The predicted octanol–water partition coefficient (Wildman–Crippen LogP) is 2.69. The second kappa shape index (κ2) is 6.50. The summed E-state index contributed by atoms with van der Waals surface area (Å²) in [6.45, 7) is 3.55. The first-order valence-electron chi connectivity index (χ1n) is 8.58. The van der Waals surface area contributed by atoms with Crippen LogP contribution in [0.4, 0.5) is 5.82 Å². The van der Waals surface area contributed by atoms with Gasteiger partial charge >= 0.3 is 0 Å². The lowest BCUT2D eigenvalue weighted by atomic mass is 9.76. The molecule has 4 rings (SSSR count). The van der Waals surface area contributed by atoms with Crippen LogP contribution in [-0.4, -0.2) is 48.6 Å². The summed E-state index contributed by atoms with van der Waals surface area (Å²) < 4.78 is 5.86. The smallest absolute Gasteiger partial charge is 0.139 e. The molecule has 6 heteroatoms. The first-order valence-corrected chi connectivity index (χ1v) is 9.81. The fourth-order valence-electron chi connectivity index (χ4n) is 3.99. The van der Waals surface area contributed by atoms with Crippen LogP contribution in [0, 0.1) is 5.41 Å². The zero-order valence-electron chi connectivity index (χ0n) is 14.1. The molecular weight excluding hydrogens is 320 g/mol. The first kappa shape index (κ1) is 16.1. The summed E-state index contributed by atoms with van der Waals surface area (Å²) in [7, 11) is 0. The number of nitrogens with zero attached hydrogens (tertiary/aromatic N) is 3. The third-order valence-electron chi connectivity index (χ3n) is 5.49. The van der Waals surface area contributed by atoms with Crippen molar-refractivity contribution in [2.75, 3.05) is 37.4 Å². The molecule has 2 saturated heterocycles. The molecule has 2 N–H and O–H groups in total. The molecule has 2 fully saturated rings. The summed E-state index contributed by atoms with van der Waals surface area (Å²) in [5.74, 6) is 1.07. The van der Waals surface area contributed by atoms with Crippen molar-refractivity contribution in [2.24, 2.45) is 11.1 Å². The van der Waals surface area contributed by atoms with Gasteiger partial charge in [0.1, 0.15) is 12.1 Å². The summed E-state index contributed by atoms with van der Waals surface area (Å²) in [5, 5.41) is 1.16. The van der Waals surface area contributed by atoms with Gasteiger partial charge in [-0.15, -0.1) is 11.8 Å². The number of benzene rings is 1. The van der Waals surface area contributed by atoms with Gasteiger partial charge in [0.15, 0.2) is 0 Å². The van der Waals surface area contributed by atoms with Crippen molar-refractivity contribution in [1.29, 1.82) is 0 Å². The molecule has 0 radical (unpaired) electrons. The second-order valence-electron chi connectivity index (χ2n) is 6.94. The lowest BCUT2D eigenvalue weighted by molar-refractivity contribution is 0.0926. The van der Waals surface area contributed by atoms with E-state index in [0.717, 1.165) is 55.7 Å². The molecule has 128 valence electrons. The van der Waals surface area contributed by atoms with E-state index in [4.69, 9.17) is 10.5 Å². The number of aromatic nitrogens is 2. The predicted molar refractivity (Wildman–Crippen MR) is 98.6 cm³/mol. The van der Waals surface area contributed by atoms with Gasteiger partial charge in [-0.2, -0.15) is 0 Å². The van der Waals surface area contributed by atoms with Gasteiger partial charge in [0.25, 0.3) is 0 Å². The van der Waals surface area contributed by atoms with Crippen LogP contribution in [-0.2, 0) is 4.74 Å². The standard InChI is InChI=1S/C18H24N4OS/c1-24-14-2-3-16-15(8-14)17(21-12-20-16)22-6-4-18(5-7-22)9-13(10-19)23-11-18/h2-3,8,12-13H,4-7,9-11,19H2,1H3. The quantitative estimate of drug-likeness (QED) is 0.864. The van der Waals surface area contributed by atoms with E-state index < -0.39 is 0 Å². The average molecular weight is 344 g/mol. The Bertz CT molecular complexity index is 730. The van der Waals surface area contributed by atoms with Crippen LogP contribution in [0.15, 0.2) is 29.4 Å². The number of fused-ring (bicyclic) bond motifs is 1. The van der Waals surface area contributed by atoms with E-state index in [0.29, 0.717) is 12.0 Å². The number of piperidine rings is 1. The van der Waals surface area contributed by atoms with Gasteiger partial charge < -0.3 is 15.4 Å².